The van der Waals surface area contributed by atoms with Crippen LogP contribution in [0.4, 0.5) is 0 Å². The van der Waals surface area contributed by atoms with Crippen molar-refractivity contribution in [2.24, 2.45) is 11.8 Å². The van der Waals surface area contributed by atoms with Gasteiger partial charge in [0.05, 0.1) is 0 Å². The molecule has 1 fully saturated rings. The summed E-state index contributed by atoms with van der Waals surface area (Å²) in [7, 11) is 0. The lowest BCUT2D eigenvalue weighted by Crippen LogP contribution is -2.21. The number of aliphatic hydroxyl groups excluding tert-OH is 2. The summed E-state index contributed by atoms with van der Waals surface area (Å²) < 4.78 is 0. The van der Waals surface area contributed by atoms with Crippen molar-refractivity contribution in [3.8, 4) is 11.5 Å². The summed E-state index contributed by atoms with van der Waals surface area (Å²) in [4.78, 5) is 0. The van der Waals surface area contributed by atoms with Crippen molar-refractivity contribution >= 4 is 0 Å². The molecule has 1 unspecified atom stereocenters. The van der Waals surface area contributed by atoms with Gasteiger partial charge in [-0.3, -0.25) is 0 Å². The van der Waals surface area contributed by atoms with E-state index in [4.69, 9.17) is 0 Å². The third-order valence-corrected chi connectivity index (χ3v) is 4.83. The molecule has 2 rings (SSSR count). The van der Waals surface area contributed by atoms with Crippen LogP contribution < -0.4 is 0 Å². The van der Waals surface area contributed by atoms with Crippen molar-refractivity contribution < 1.29 is 20.4 Å². The van der Waals surface area contributed by atoms with E-state index in [0.717, 1.165) is 25.7 Å². The summed E-state index contributed by atoms with van der Waals surface area (Å²) in [6, 6.07) is 4.45. The number of aromatic hydroxyl groups is 2. The van der Waals surface area contributed by atoms with E-state index in [1.807, 2.05) is 0 Å². The summed E-state index contributed by atoms with van der Waals surface area (Å²) >= 11 is 0. The van der Waals surface area contributed by atoms with E-state index >= 15 is 0 Å². The molecule has 0 bridgehead atoms. The van der Waals surface area contributed by atoms with Gasteiger partial charge in [0.2, 0.25) is 0 Å². The number of benzene rings is 1. The van der Waals surface area contributed by atoms with Crippen LogP contribution in [0.2, 0.25) is 0 Å². The van der Waals surface area contributed by atoms with E-state index in [1.54, 1.807) is 6.07 Å². The molecule has 1 aromatic carbocycles. The maximum atomic E-state index is 10.6. The maximum absolute atomic E-state index is 10.6. The van der Waals surface area contributed by atoms with Crippen LogP contribution in [0.15, 0.2) is 54.5 Å². The molecule has 1 aromatic rings. The second-order valence-electron chi connectivity index (χ2n) is 6.63. The fourth-order valence-electron chi connectivity index (χ4n) is 3.41. The van der Waals surface area contributed by atoms with Gasteiger partial charge in [-0.15, -0.1) is 0 Å². The number of aliphatic hydroxyl groups is 2. The maximum Gasteiger partial charge on any atom is 0.123 e. The minimum absolute atomic E-state index is 0.0140. The van der Waals surface area contributed by atoms with Gasteiger partial charge >= 0.3 is 0 Å². The van der Waals surface area contributed by atoms with Crippen molar-refractivity contribution in [3.63, 3.8) is 0 Å². The summed E-state index contributed by atoms with van der Waals surface area (Å²) in [6.45, 7) is 5.69. The van der Waals surface area contributed by atoms with Crippen LogP contribution in [0.25, 0.3) is 0 Å². The molecule has 0 aromatic heterocycles. The van der Waals surface area contributed by atoms with E-state index in [-0.39, 0.29) is 34.9 Å². The lowest BCUT2D eigenvalue weighted by Gasteiger charge is -2.33. The Morgan fingerprint density at radius 3 is 2.38 bits per heavy atom. The van der Waals surface area contributed by atoms with Crippen LogP contribution in [0.1, 0.15) is 44.1 Å². The zero-order valence-electron chi connectivity index (χ0n) is 14.0. The molecule has 1 atom stereocenters. The lowest BCUT2D eigenvalue weighted by molar-refractivity contribution is 0.228. The smallest absolute Gasteiger partial charge is 0.123 e. The standard InChI is InChI=1S/C20H26O4/c1-3-15(21)9-11-18(23)20(14-6-4-13(2)5-7-14)17-10-8-16(22)12-19(17)24/h3,8-14,20-24H,1,4-7H2,2H3/b15-9+,18-11-. The van der Waals surface area contributed by atoms with Crippen molar-refractivity contribution in [1.82, 2.24) is 0 Å². The first-order valence-corrected chi connectivity index (χ1v) is 8.36. The molecule has 130 valence electrons. The molecule has 4 heteroatoms. The summed E-state index contributed by atoms with van der Waals surface area (Å²) in [5.74, 6) is 0.511. The number of phenolic OH excluding ortho intramolecular Hbond substituents is 2. The highest BCUT2D eigenvalue weighted by atomic mass is 16.3. The fourth-order valence-corrected chi connectivity index (χ4v) is 3.41. The van der Waals surface area contributed by atoms with Gasteiger partial charge in [0, 0.05) is 17.5 Å². The Labute approximate surface area is 143 Å². The van der Waals surface area contributed by atoms with Crippen LogP contribution in [0.3, 0.4) is 0 Å². The van der Waals surface area contributed by atoms with Gasteiger partial charge in [-0.1, -0.05) is 32.4 Å². The monoisotopic (exact) mass is 330 g/mol. The second kappa shape index (κ2) is 7.95. The van der Waals surface area contributed by atoms with E-state index < -0.39 is 0 Å². The first kappa shape index (κ1) is 18.0. The normalized spacial score (nSPS) is 23.7. The Morgan fingerprint density at radius 2 is 1.79 bits per heavy atom. The number of hydrogen-bond acceptors (Lipinski definition) is 4. The minimum Gasteiger partial charge on any atom is -0.512 e. The first-order chi connectivity index (χ1) is 11.4. The third kappa shape index (κ3) is 4.34. The molecule has 4 nitrogen and oxygen atoms in total. The highest BCUT2D eigenvalue weighted by Gasteiger charge is 2.31. The molecule has 1 saturated carbocycles. The predicted molar refractivity (Wildman–Crippen MR) is 95.3 cm³/mol. The highest BCUT2D eigenvalue weighted by molar-refractivity contribution is 5.44. The Hall–Kier alpha value is -2.36. The topological polar surface area (TPSA) is 80.9 Å². The number of rotatable bonds is 5. The van der Waals surface area contributed by atoms with E-state index in [9.17, 15) is 20.4 Å². The van der Waals surface area contributed by atoms with Gasteiger partial charge in [-0.05, 0) is 49.0 Å². The van der Waals surface area contributed by atoms with Crippen LogP contribution >= 0.6 is 0 Å². The fraction of sp³-hybridized carbons (Fsp3) is 0.400. The van der Waals surface area contributed by atoms with Crippen LogP contribution in [-0.4, -0.2) is 20.4 Å². The Bertz CT molecular complexity index is 637. The van der Waals surface area contributed by atoms with Crippen molar-refractivity contribution in [2.45, 2.75) is 38.5 Å². The van der Waals surface area contributed by atoms with Crippen molar-refractivity contribution in [3.05, 3.63) is 60.1 Å². The number of hydrogen-bond donors (Lipinski definition) is 4. The zero-order chi connectivity index (χ0) is 17.7. The Kier molecular flexibility index (Phi) is 5.96. The number of allylic oxidation sites excluding steroid dienone is 4. The molecular weight excluding hydrogens is 304 g/mol. The average Bonchev–Trinajstić information content (AvgIpc) is 2.56. The SMILES string of the molecule is C=C/C(O)=C\C=C(/O)C(c1ccc(O)cc1O)C1CCC(C)CC1. The molecular formula is C20H26O4. The summed E-state index contributed by atoms with van der Waals surface area (Å²) in [6.07, 6.45) is 8.22. The molecule has 24 heavy (non-hydrogen) atoms. The van der Waals surface area contributed by atoms with Crippen molar-refractivity contribution in [1.29, 1.82) is 0 Å². The molecule has 4 N–H and O–H groups in total. The molecule has 0 aliphatic heterocycles. The van der Waals surface area contributed by atoms with E-state index in [1.165, 1.54) is 30.4 Å². The van der Waals surface area contributed by atoms with Crippen LogP contribution in [0.5, 0.6) is 11.5 Å². The van der Waals surface area contributed by atoms with Gasteiger partial charge in [-0.2, -0.15) is 0 Å². The average molecular weight is 330 g/mol. The van der Waals surface area contributed by atoms with E-state index in [2.05, 4.69) is 13.5 Å². The summed E-state index contributed by atoms with van der Waals surface area (Å²) in [5, 5.41) is 39.9. The molecule has 1 aliphatic carbocycles. The first-order valence-electron chi connectivity index (χ1n) is 8.36. The second-order valence-corrected chi connectivity index (χ2v) is 6.63. The van der Waals surface area contributed by atoms with Gasteiger partial charge in [-0.25, -0.2) is 0 Å². The zero-order valence-corrected chi connectivity index (χ0v) is 14.0. The Morgan fingerprint density at radius 1 is 1.12 bits per heavy atom. The molecule has 0 heterocycles. The predicted octanol–water partition coefficient (Wildman–Crippen LogP) is 5.08. The van der Waals surface area contributed by atoms with Crippen LogP contribution in [-0.2, 0) is 0 Å². The summed E-state index contributed by atoms with van der Waals surface area (Å²) in [5.41, 5.74) is 0.590. The third-order valence-electron chi connectivity index (χ3n) is 4.83. The van der Waals surface area contributed by atoms with Gasteiger partial charge < -0.3 is 20.4 Å². The van der Waals surface area contributed by atoms with Crippen molar-refractivity contribution in [2.75, 3.05) is 0 Å². The van der Waals surface area contributed by atoms with Crippen LogP contribution in [0, 0.1) is 11.8 Å². The Balaban J connectivity index is 2.39. The molecule has 0 radical (unpaired) electrons. The van der Waals surface area contributed by atoms with Gasteiger partial charge in [0.1, 0.15) is 23.0 Å². The van der Waals surface area contributed by atoms with E-state index in [0.29, 0.717) is 11.5 Å². The number of phenols is 2. The van der Waals surface area contributed by atoms with Gasteiger partial charge in [0.25, 0.3) is 0 Å². The van der Waals surface area contributed by atoms with Gasteiger partial charge in [0.15, 0.2) is 0 Å². The lowest BCUT2D eigenvalue weighted by atomic mass is 9.73. The highest BCUT2D eigenvalue weighted by Crippen LogP contribution is 2.44. The molecule has 1 aliphatic rings. The largest absolute Gasteiger partial charge is 0.512 e. The molecule has 0 spiro atoms. The molecule has 0 saturated heterocycles. The quantitative estimate of drug-likeness (QED) is 0.448. The molecule has 0 amide bonds. The minimum atomic E-state index is -0.369.